The molecule has 2 aromatic rings. The van der Waals surface area contributed by atoms with Gasteiger partial charge in [-0.1, -0.05) is 94.3 Å². The number of aliphatic carboxylic acids is 1. The number of nitrogens with one attached hydrogen (secondary N) is 4. The summed E-state index contributed by atoms with van der Waals surface area (Å²) in [7, 11) is 0. The highest BCUT2D eigenvalue weighted by Crippen LogP contribution is 2.11. The first-order valence-electron chi connectivity index (χ1n) is 16.2. The fourth-order valence-corrected chi connectivity index (χ4v) is 5.45. The summed E-state index contributed by atoms with van der Waals surface area (Å²) in [6.07, 6.45) is 4.66. The van der Waals surface area contributed by atoms with Gasteiger partial charge in [-0.05, 0) is 48.3 Å². The van der Waals surface area contributed by atoms with Crippen molar-refractivity contribution in [2.45, 2.75) is 95.9 Å². The molecule has 12 heteroatoms. The predicted molar refractivity (Wildman–Crippen MR) is 186 cm³/mol. The van der Waals surface area contributed by atoms with E-state index in [-0.39, 0.29) is 25.2 Å². The van der Waals surface area contributed by atoms with E-state index in [2.05, 4.69) is 21.3 Å². The van der Waals surface area contributed by atoms with Crippen molar-refractivity contribution in [3.63, 3.8) is 0 Å². The minimum absolute atomic E-state index is 0.00152. The van der Waals surface area contributed by atoms with Gasteiger partial charge in [0.2, 0.25) is 23.6 Å². The number of hydrogen-bond donors (Lipinski definition) is 6. The monoisotopic (exact) mass is 669 g/mol. The number of nitrogens with two attached hydrogens (primary N) is 1. The Kier molecular flexibility index (Phi) is 17.6. The summed E-state index contributed by atoms with van der Waals surface area (Å²) in [6.45, 7) is 5.79. The molecule has 0 aliphatic carbocycles. The van der Waals surface area contributed by atoms with Gasteiger partial charge in [0.15, 0.2) is 0 Å². The van der Waals surface area contributed by atoms with Crippen LogP contribution in [0.25, 0.3) is 0 Å². The number of carboxylic acid groups (broad SMARTS) is 1. The van der Waals surface area contributed by atoms with Crippen LogP contribution < -0.4 is 27.0 Å². The van der Waals surface area contributed by atoms with Crippen LogP contribution in [-0.2, 0) is 36.8 Å². The van der Waals surface area contributed by atoms with Gasteiger partial charge in [0.05, 0.1) is 6.04 Å². The van der Waals surface area contributed by atoms with Crippen molar-refractivity contribution >= 4 is 41.4 Å². The zero-order valence-electron chi connectivity index (χ0n) is 27.9. The number of rotatable bonds is 21. The van der Waals surface area contributed by atoms with Crippen LogP contribution >= 0.6 is 11.8 Å². The van der Waals surface area contributed by atoms with Gasteiger partial charge >= 0.3 is 5.97 Å². The van der Waals surface area contributed by atoms with Crippen molar-refractivity contribution in [2.75, 3.05) is 12.0 Å². The third-order valence-electron chi connectivity index (χ3n) is 7.60. The van der Waals surface area contributed by atoms with Crippen molar-refractivity contribution < 1.29 is 29.1 Å². The van der Waals surface area contributed by atoms with Crippen LogP contribution in [0.1, 0.15) is 64.0 Å². The maximum Gasteiger partial charge on any atom is 0.326 e. The number of amides is 4. The second-order valence-corrected chi connectivity index (χ2v) is 13.1. The van der Waals surface area contributed by atoms with Crippen molar-refractivity contribution in [3.8, 4) is 0 Å². The summed E-state index contributed by atoms with van der Waals surface area (Å²) in [6, 6.07) is 13.0. The molecule has 7 N–H and O–H groups in total. The van der Waals surface area contributed by atoms with Gasteiger partial charge in [-0.3, -0.25) is 19.2 Å². The van der Waals surface area contributed by atoms with Crippen molar-refractivity contribution in [3.05, 3.63) is 71.8 Å². The number of benzene rings is 2. The van der Waals surface area contributed by atoms with E-state index < -0.39 is 59.8 Å². The second-order valence-electron chi connectivity index (χ2n) is 12.1. The Labute approximate surface area is 282 Å². The van der Waals surface area contributed by atoms with Gasteiger partial charge in [0.25, 0.3) is 0 Å². The Balaban J connectivity index is 2.27. The maximum atomic E-state index is 13.8. The van der Waals surface area contributed by atoms with E-state index in [1.54, 1.807) is 48.2 Å². The Bertz CT molecular complexity index is 1280. The molecular formula is C35H51N5O6S. The van der Waals surface area contributed by atoms with Crippen LogP contribution in [0.3, 0.4) is 0 Å². The van der Waals surface area contributed by atoms with Crippen LogP contribution in [0, 0.1) is 5.92 Å². The minimum Gasteiger partial charge on any atom is -0.480 e. The van der Waals surface area contributed by atoms with E-state index in [0.29, 0.717) is 25.0 Å². The number of carbonyl (C=O) groups is 5. The van der Waals surface area contributed by atoms with Crippen LogP contribution in [0.15, 0.2) is 60.7 Å². The Morgan fingerprint density at radius 1 is 0.702 bits per heavy atom. The summed E-state index contributed by atoms with van der Waals surface area (Å²) in [4.78, 5) is 65.8. The van der Waals surface area contributed by atoms with Crippen LogP contribution in [-0.4, -0.2) is 76.9 Å². The van der Waals surface area contributed by atoms with Gasteiger partial charge in [-0.25, -0.2) is 4.79 Å². The standard InChI is InChI=1S/C35H51N5O6S/c1-5-6-17-27(37-31(41)26(36)18-19-47-4)32(42)38-28(20-23(2)3)33(43)39-29(21-24-13-9-7-10-14-24)34(44)40-30(35(45)46)22-25-15-11-8-12-16-25/h7-16,23,26-30H,5-6,17-22,36H2,1-4H3,(H,37,41)(H,38,42)(H,39,43)(H,40,44)(H,45,46). The molecule has 0 aliphatic heterocycles. The SMILES string of the molecule is CCCCC(NC(=O)C(N)CCSC)C(=O)NC(CC(C)C)C(=O)NC(Cc1ccccc1)C(=O)NC(Cc1ccccc1)C(=O)O. The third-order valence-corrected chi connectivity index (χ3v) is 8.25. The number of unbranched alkanes of at least 4 members (excludes halogenated alkanes) is 1. The second kappa shape index (κ2) is 21.1. The van der Waals surface area contributed by atoms with Gasteiger partial charge in [0.1, 0.15) is 24.2 Å². The Morgan fingerprint density at radius 3 is 1.68 bits per heavy atom. The fraction of sp³-hybridized carbons (Fsp3) is 0.514. The Morgan fingerprint density at radius 2 is 1.17 bits per heavy atom. The number of carboxylic acids is 1. The summed E-state index contributed by atoms with van der Waals surface area (Å²) >= 11 is 1.57. The van der Waals surface area contributed by atoms with Gasteiger partial charge < -0.3 is 32.1 Å². The van der Waals surface area contributed by atoms with Crippen molar-refractivity contribution in [1.82, 2.24) is 21.3 Å². The molecule has 0 bridgehead atoms. The molecular weight excluding hydrogens is 618 g/mol. The first-order chi connectivity index (χ1) is 22.4. The lowest BCUT2D eigenvalue weighted by atomic mass is 9.99. The molecule has 5 unspecified atom stereocenters. The quantitative estimate of drug-likeness (QED) is 0.117. The lowest BCUT2D eigenvalue weighted by molar-refractivity contribution is -0.142. The van der Waals surface area contributed by atoms with Crippen LogP contribution in [0.2, 0.25) is 0 Å². The zero-order chi connectivity index (χ0) is 34.8. The first-order valence-corrected chi connectivity index (χ1v) is 17.6. The smallest absolute Gasteiger partial charge is 0.326 e. The van der Waals surface area contributed by atoms with Crippen LogP contribution in [0.5, 0.6) is 0 Å². The summed E-state index contributed by atoms with van der Waals surface area (Å²) in [5.41, 5.74) is 7.53. The van der Waals surface area contributed by atoms with E-state index in [1.165, 1.54) is 0 Å². The third kappa shape index (κ3) is 14.6. The lowest BCUT2D eigenvalue weighted by Gasteiger charge is -2.27. The number of hydrogen-bond acceptors (Lipinski definition) is 7. The fourth-order valence-electron chi connectivity index (χ4n) is 4.96. The molecule has 0 aromatic heterocycles. The molecule has 0 aliphatic rings. The molecule has 258 valence electrons. The molecule has 5 atom stereocenters. The highest BCUT2D eigenvalue weighted by molar-refractivity contribution is 7.98. The topological polar surface area (TPSA) is 180 Å². The molecule has 2 rings (SSSR count). The minimum atomic E-state index is -1.23. The molecule has 11 nitrogen and oxygen atoms in total. The van der Waals surface area contributed by atoms with E-state index in [9.17, 15) is 29.1 Å². The van der Waals surface area contributed by atoms with Gasteiger partial charge in [-0.15, -0.1) is 0 Å². The molecule has 0 fully saturated rings. The summed E-state index contributed by atoms with van der Waals surface area (Å²) in [5.74, 6) is -2.69. The van der Waals surface area contributed by atoms with E-state index in [1.807, 2.05) is 51.3 Å². The molecule has 2 aromatic carbocycles. The van der Waals surface area contributed by atoms with Crippen molar-refractivity contribution in [1.29, 1.82) is 0 Å². The molecule has 0 heterocycles. The number of carbonyl (C=O) groups excluding carboxylic acids is 4. The zero-order valence-corrected chi connectivity index (χ0v) is 28.7. The molecule has 0 radical (unpaired) electrons. The van der Waals surface area contributed by atoms with Gasteiger partial charge in [-0.2, -0.15) is 11.8 Å². The molecule has 4 amide bonds. The highest BCUT2D eigenvalue weighted by atomic mass is 32.2. The molecule has 0 saturated heterocycles. The highest BCUT2D eigenvalue weighted by Gasteiger charge is 2.32. The van der Waals surface area contributed by atoms with E-state index in [0.717, 1.165) is 17.5 Å². The average molecular weight is 670 g/mol. The normalized spacial score (nSPS) is 14.3. The molecule has 0 saturated carbocycles. The van der Waals surface area contributed by atoms with E-state index >= 15 is 0 Å². The predicted octanol–water partition coefficient (Wildman–Crippen LogP) is 2.81. The largest absolute Gasteiger partial charge is 0.480 e. The average Bonchev–Trinajstić information content (AvgIpc) is 3.04. The van der Waals surface area contributed by atoms with E-state index in [4.69, 9.17) is 5.73 Å². The number of thioether (sulfide) groups is 1. The molecule has 0 spiro atoms. The first kappa shape index (κ1) is 39.3. The summed E-state index contributed by atoms with van der Waals surface area (Å²) in [5, 5.41) is 20.8. The van der Waals surface area contributed by atoms with Gasteiger partial charge in [0, 0.05) is 12.8 Å². The lowest BCUT2D eigenvalue weighted by Crippen LogP contribution is -2.59. The van der Waals surface area contributed by atoms with Crippen molar-refractivity contribution in [2.24, 2.45) is 11.7 Å². The van der Waals surface area contributed by atoms with Crippen LogP contribution in [0.4, 0.5) is 0 Å². The molecule has 47 heavy (non-hydrogen) atoms. The summed E-state index contributed by atoms with van der Waals surface area (Å²) < 4.78 is 0. The Hall–Kier alpha value is -3.90. The maximum absolute atomic E-state index is 13.8.